The van der Waals surface area contributed by atoms with Crippen LogP contribution in [0.25, 0.3) is 10.9 Å². The molecule has 1 saturated heterocycles. The molecule has 0 radical (unpaired) electrons. The van der Waals surface area contributed by atoms with E-state index in [0.29, 0.717) is 17.4 Å². The number of fused-ring (bicyclic) bond motifs is 1. The minimum Gasteiger partial charge on any atom is -0.360 e. The summed E-state index contributed by atoms with van der Waals surface area (Å²) in [4.78, 5) is 42.2. The minimum absolute atomic E-state index is 0. The molecule has 3 rings (SSSR count). The second-order valence-corrected chi connectivity index (χ2v) is 6.49. The van der Waals surface area contributed by atoms with Gasteiger partial charge >= 0.3 is 0 Å². The molecule has 1 atom stereocenters. The van der Waals surface area contributed by atoms with Crippen LogP contribution < -0.4 is 16.1 Å². The van der Waals surface area contributed by atoms with Gasteiger partial charge in [0.05, 0.1) is 6.54 Å². The number of carbonyl (C=O) groups excluding carboxylic acids is 2. The van der Waals surface area contributed by atoms with Crippen molar-refractivity contribution >= 4 is 35.1 Å². The smallest absolute Gasteiger partial charge is 0.257 e. The first-order valence-corrected chi connectivity index (χ1v) is 9.00. The van der Waals surface area contributed by atoms with Crippen molar-refractivity contribution in [3.05, 3.63) is 46.2 Å². The molecule has 0 spiro atoms. The van der Waals surface area contributed by atoms with Crippen LogP contribution in [0, 0.1) is 0 Å². The van der Waals surface area contributed by atoms with Gasteiger partial charge in [-0.1, -0.05) is 19.1 Å². The van der Waals surface area contributed by atoms with Crippen molar-refractivity contribution in [1.29, 1.82) is 0 Å². The summed E-state index contributed by atoms with van der Waals surface area (Å²) < 4.78 is 0. The fourth-order valence-corrected chi connectivity index (χ4v) is 3.35. The van der Waals surface area contributed by atoms with Crippen LogP contribution in [0.4, 0.5) is 0 Å². The Balaban J connectivity index is 0.00000261. The van der Waals surface area contributed by atoms with E-state index in [1.54, 1.807) is 18.2 Å². The van der Waals surface area contributed by atoms with Gasteiger partial charge in [0.15, 0.2) is 0 Å². The molecule has 146 valence electrons. The van der Waals surface area contributed by atoms with Gasteiger partial charge in [0.1, 0.15) is 5.56 Å². The number of amides is 2. The number of aromatic nitrogens is 1. The fraction of sp³-hybridized carbons (Fsp3) is 0.421. The van der Waals surface area contributed by atoms with Crippen LogP contribution >= 0.6 is 12.4 Å². The van der Waals surface area contributed by atoms with Gasteiger partial charge in [0, 0.05) is 36.2 Å². The molecular formula is C19H25ClN4O3. The normalized spacial score (nSPS) is 16.0. The third-order valence-corrected chi connectivity index (χ3v) is 4.69. The van der Waals surface area contributed by atoms with Crippen LogP contribution in [0.3, 0.4) is 0 Å². The second-order valence-electron chi connectivity index (χ2n) is 6.49. The monoisotopic (exact) mass is 392 g/mol. The van der Waals surface area contributed by atoms with Crippen molar-refractivity contribution in [2.45, 2.75) is 25.8 Å². The number of aromatic amines is 1. The van der Waals surface area contributed by atoms with Crippen LogP contribution in [-0.2, 0) is 4.79 Å². The number of carbonyl (C=O) groups is 2. The van der Waals surface area contributed by atoms with Gasteiger partial charge in [-0.15, -0.1) is 12.4 Å². The predicted molar refractivity (Wildman–Crippen MR) is 107 cm³/mol. The Morgan fingerprint density at radius 3 is 2.78 bits per heavy atom. The number of hydrogen-bond acceptors (Lipinski definition) is 4. The Bertz CT molecular complexity index is 861. The van der Waals surface area contributed by atoms with Gasteiger partial charge < -0.3 is 20.5 Å². The quantitative estimate of drug-likeness (QED) is 0.690. The molecule has 1 aliphatic heterocycles. The van der Waals surface area contributed by atoms with E-state index in [4.69, 9.17) is 0 Å². The summed E-state index contributed by atoms with van der Waals surface area (Å²) >= 11 is 0. The van der Waals surface area contributed by atoms with Crippen molar-refractivity contribution in [3.63, 3.8) is 0 Å². The lowest BCUT2D eigenvalue weighted by Crippen LogP contribution is -2.47. The van der Waals surface area contributed by atoms with E-state index in [2.05, 4.69) is 15.6 Å². The lowest BCUT2D eigenvalue weighted by molar-refractivity contribution is -0.132. The molecular weight excluding hydrogens is 368 g/mol. The summed E-state index contributed by atoms with van der Waals surface area (Å²) in [6.07, 6.45) is 3.18. The zero-order valence-electron chi connectivity index (χ0n) is 15.3. The van der Waals surface area contributed by atoms with Crippen LogP contribution in [0.1, 0.15) is 30.1 Å². The number of halogens is 1. The fourth-order valence-electron chi connectivity index (χ4n) is 3.35. The SMILES string of the molecule is CCCN(C(=O)CNC(=O)c1c[nH]c2ccccc2c1=O)C1CCNC1.Cl. The third kappa shape index (κ3) is 4.67. The largest absolute Gasteiger partial charge is 0.360 e. The maximum atomic E-state index is 12.6. The van der Waals surface area contributed by atoms with Crippen molar-refractivity contribution in [3.8, 4) is 0 Å². The molecule has 1 fully saturated rings. The van der Waals surface area contributed by atoms with Crippen molar-refractivity contribution < 1.29 is 9.59 Å². The van der Waals surface area contributed by atoms with E-state index in [1.807, 2.05) is 17.9 Å². The number of benzene rings is 1. The van der Waals surface area contributed by atoms with Crippen molar-refractivity contribution in [2.24, 2.45) is 0 Å². The second kappa shape index (κ2) is 9.53. The van der Waals surface area contributed by atoms with Crippen LogP contribution in [-0.4, -0.2) is 53.9 Å². The molecule has 8 heteroatoms. The topological polar surface area (TPSA) is 94.3 Å². The average Bonchev–Trinajstić information content (AvgIpc) is 3.18. The first-order chi connectivity index (χ1) is 12.6. The molecule has 2 heterocycles. The number of rotatable bonds is 6. The zero-order valence-corrected chi connectivity index (χ0v) is 16.1. The molecule has 0 bridgehead atoms. The molecule has 0 saturated carbocycles. The van der Waals surface area contributed by atoms with Gasteiger partial charge in [-0.05, 0) is 31.5 Å². The maximum absolute atomic E-state index is 12.6. The average molecular weight is 393 g/mol. The van der Waals surface area contributed by atoms with Gasteiger partial charge in [-0.25, -0.2) is 0 Å². The van der Waals surface area contributed by atoms with Crippen molar-refractivity contribution in [1.82, 2.24) is 20.5 Å². The summed E-state index contributed by atoms with van der Waals surface area (Å²) in [6.45, 7) is 4.26. The predicted octanol–water partition coefficient (Wildman–Crippen LogP) is 1.28. The third-order valence-electron chi connectivity index (χ3n) is 4.69. The molecule has 2 amide bonds. The summed E-state index contributed by atoms with van der Waals surface area (Å²) in [7, 11) is 0. The van der Waals surface area contributed by atoms with Crippen LogP contribution in [0.2, 0.25) is 0 Å². The Morgan fingerprint density at radius 2 is 2.07 bits per heavy atom. The van der Waals surface area contributed by atoms with Crippen molar-refractivity contribution in [2.75, 3.05) is 26.2 Å². The first-order valence-electron chi connectivity index (χ1n) is 9.00. The van der Waals surface area contributed by atoms with E-state index < -0.39 is 5.91 Å². The Labute approximate surface area is 163 Å². The molecule has 27 heavy (non-hydrogen) atoms. The lowest BCUT2D eigenvalue weighted by Gasteiger charge is -2.28. The van der Waals surface area contributed by atoms with E-state index in [9.17, 15) is 14.4 Å². The number of hydrogen-bond donors (Lipinski definition) is 3. The molecule has 1 unspecified atom stereocenters. The van der Waals surface area contributed by atoms with E-state index in [-0.39, 0.29) is 41.9 Å². The van der Waals surface area contributed by atoms with E-state index in [1.165, 1.54) is 6.20 Å². The summed E-state index contributed by atoms with van der Waals surface area (Å²) in [5, 5.41) is 6.31. The first kappa shape index (κ1) is 20.9. The standard InChI is InChI=1S/C19H24N4O3.ClH/c1-2-9-23(13-7-8-20-10-13)17(24)12-22-19(26)15-11-21-16-6-4-3-5-14(16)18(15)25;/h3-6,11,13,20H,2,7-10,12H2,1H3,(H,21,25)(H,22,26);1H. The summed E-state index contributed by atoms with van der Waals surface area (Å²) in [6, 6.07) is 7.19. The maximum Gasteiger partial charge on any atom is 0.257 e. The van der Waals surface area contributed by atoms with Crippen LogP contribution in [0.5, 0.6) is 0 Å². The summed E-state index contributed by atoms with van der Waals surface area (Å²) in [5.74, 6) is -0.655. The van der Waals surface area contributed by atoms with Gasteiger partial charge in [0.2, 0.25) is 11.3 Å². The Hall–Kier alpha value is -2.38. The highest BCUT2D eigenvalue weighted by molar-refractivity contribution is 5.98. The molecule has 1 aliphatic rings. The number of para-hydroxylation sites is 1. The van der Waals surface area contributed by atoms with E-state index in [0.717, 1.165) is 25.9 Å². The molecule has 1 aromatic heterocycles. The molecule has 3 N–H and O–H groups in total. The number of nitrogens with zero attached hydrogens (tertiary/aromatic N) is 1. The lowest BCUT2D eigenvalue weighted by atomic mass is 10.1. The molecule has 1 aromatic carbocycles. The minimum atomic E-state index is -0.536. The number of H-pyrrole nitrogens is 1. The summed E-state index contributed by atoms with van der Waals surface area (Å²) in [5.41, 5.74) is 0.351. The van der Waals surface area contributed by atoms with Gasteiger partial charge in [-0.2, -0.15) is 0 Å². The number of pyridine rings is 1. The number of nitrogens with one attached hydrogen (secondary N) is 3. The highest BCUT2D eigenvalue weighted by atomic mass is 35.5. The highest BCUT2D eigenvalue weighted by Gasteiger charge is 2.26. The molecule has 0 aliphatic carbocycles. The van der Waals surface area contributed by atoms with Crippen LogP contribution in [0.15, 0.2) is 35.3 Å². The Kier molecular flexibility index (Phi) is 7.38. The molecule has 2 aromatic rings. The Morgan fingerprint density at radius 1 is 1.30 bits per heavy atom. The highest BCUT2D eigenvalue weighted by Crippen LogP contribution is 2.10. The van der Waals surface area contributed by atoms with Gasteiger partial charge in [0.25, 0.3) is 5.91 Å². The molecule has 7 nitrogen and oxygen atoms in total. The van der Waals surface area contributed by atoms with E-state index >= 15 is 0 Å². The van der Waals surface area contributed by atoms with Gasteiger partial charge in [-0.3, -0.25) is 14.4 Å². The zero-order chi connectivity index (χ0) is 18.5.